The predicted molar refractivity (Wildman–Crippen MR) is 74.0 cm³/mol. The van der Waals surface area contributed by atoms with Crippen LogP contribution in [0.3, 0.4) is 0 Å². The molecule has 0 saturated heterocycles. The van der Waals surface area contributed by atoms with Crippen LogP contribution in [0.15, 0.2) is 24.3 Å². The van der Waals surface area contributed by atoms with Gasteiger partial charge in [-0.3, -0.25) is 14.9 Å². The fourth-order valence-corrected chi connectivity index (χ4v) is 1.85. The second-order valence-electron chi connectivity index (χ2n) is 4.49. The predicted octanol–water partition coefficient (Wildman–Crippen LogP) is 2.16. The highest BCUT2D eigenvalue weighted by molar-refractivity contribution is 5.88. The Morgan fingerprint density at radius 3 is 2.58 bits per heavy atom. The molecule has 0 radical (unpaired) electrons. The van der Waals surface area contributed by atoms with Crippen molar-refractivity contribution in [3.05, 3.63) is 29.8 Å². The number of carboxylic acid groups (broad SMARTS) is 1. The monoisotopic (exact) mass is 264 g/mol. The summed E-state index contributed by atoms with van der Waals surface area (Å²) in [5.74, 6) is -0.984. The van der Waals surface area contributed by atoms with Gasteiger partial charge in [-0.1, -0.05) is 19.1 Å². The minimum absolute atomic E-state index is 0.102. The lowest BCUT2D eigenvalue weighted by molar-refractivity contribution is -0.139. The Bertz CT molecular complexity index is 460. The van der Waals surface area contributed by atoms with Crippen molar-refractivity contribution in [1.29, 1.82) is 0 Å². The van der Waals surface area contributed by atoms with Gasteiger partial charge in [0.15, 0.2) is 0 Å². The molecule has 19 heavy (non-hydrogen) atoms. The van der Waals surface area contributed by atoms with Crippen molar-refractivity contribution in [3.8, 4) is 0 Å². The Kier molecular flexibility index (Phi) is 5.51. The van der Waals surface area contributed by atoms with Crippen LogP contribution in [0.1, 0.15) is 38.8 Å². The first-order valence-electron chi connectivity index (χ1n) is 6.30. The topological polar surface area (TPSA) is 78.4 Å². The Morgan fingerprint density at radius 1 is 1.37 bits per heavy atom. The summed E-state index contributed by atoms with van der Waals surface area (Å²) in [4.78, 5) is 22.0. The van der Waals surface area contributed by atoms with E-state index in [1.165, 1.54) is 6.92 Å². The van der Waals surface area contributed by atoms with Gasteiger partial charge in [0.1, 0.15) is 6.04 Å². The van der Waals surface area contributed by atoms with Crippen LogP contribution in [-0.2, 0) is 9.59 Å². The van der Waals surface area contributed by atoms with Gasteiger partial charge < -0.3 is 10.4 Å². The highest BCUT2D eigenvalue weighted by atomic mass is 16.4. The quantitative estimate of drug-likeness (QED) is 0.735. The van der Waals surface area contributed by atoms with Crippen molar-refractivity contribution in [2.45, 2.75) is 39.3 Å². The van der Waals surface area contributed by atoms with Crippen molar-refractivity contribution >= 4 is 17.6 Å². The molecule has 3 N–H and O–H groups in total. The molecule has 5 nitrogen and oxygen atoms in total. The SMILES string of the molecule is CCC(NC(C)c1cccc(NC(C)=O)c1)C(=O)O. The van der Waals surface area contributed by atoms with Gasteiger partial charge in [-0.15, -0.1) is 0 Å². The fraction of sp³-hybridized carbons (Fsp3) is 0.429. The van der Waals surface area contributed by atoms with Crippen LogP contribution < -0.4 is 10.6 Å². The molecule has 1 aromatic carbocycles. The number of hydrogen-bond donors (Lipinski definition) is 3. The molecule has 104 valence electrons. The number of anilines is 1. The van der Waals surface area contributed by atoms with Crippen LogP contribution >= 0.6 is 0 Å². The molecule has 0 aliphatic rings. The first kappa shape index (κ1) is 15.2. The summed E-state index contributed by atoms with van der Waals surface area (Å²) in [6.45, 7) is 5.18. The molecule has 0 heterocycles. The van der Waals surface area contributed by atoms with E-state index in [-0.39, 0.29) is 11.9 Å². The number of carbonyl (C=O) groups is 2. The summed E-state index contributed by atoms with van der Waals surface area (Å²) >= 11 is 0. The normalized spacial score (nSPS) is 13.6. The molecule has 0 saturated carbocycles. The van der Waals surface area contributed by atoms with Crippen molar-refractivity contribution in [2.75, 3.05) is 5.32 Å². The number of carbonyl (C=O) groups excluding carboxylic acids is 1. The zero-order valence-electron chi connectivity index (χ0n) is 11.4. The van der Waals surface area contributed by atoms with Gasteiger partial charge in [-0.25, -0.2) is 0 Å². The highest BCUT2D eigenvalue weighted by Gasteiger charge is 2.18. The molecule has 2 atom stereocenters. The van der Waals surface area contributed by atoms with Gasteiger partial charge >= 0.3 is 5.97 Å². The molecule has 1 rings (SSSR count). The molecule has 0 aliphatic heterocycles. The molecule has 0 fully saturated rings. The van der Waals surface area contributed by atoms with Crippen molar-refractivity contribution in [2.24, 2.45) is 0 Å². The molecular formula is C14H20N2O3. The third kappa shape index (κ3) is 4.71. The fourth-order valence-electron chi connectivity index (χ4n) is 1.85. The van der Waals surface area contributed by atoms with E-state index in [2.05, 4.69) is 10.6 Å². The Morgan fingerprint density at radius 2 is 2.05 bits per heavy atom. The van der Waals surface area contributed by atoms with Crippen molar-refractivity contribution < 1.29 is 14.7 Å². The number of nitrogens with one attached hydrogen (secondary N) is 2. The number of hydrogen-bond acceptors (Lipinski definition) is 3. The number of rotatable bonds is 6. The molecule has 0 aliphatic carbocycles. The second kappa shape index (κ2) is 6.89. The van der Waals surface area contributed by atoms with E-state index in [1.807, 2.05) is 32.0 Å². The average Bonchev–Trinajstić information content (AvgIpc) is 2.34. The molecular weight excluding hydrogens is 244 g/mol. The van der Waals surface area contributed by atoms with Gasteiger partial charge in [0.25, 0.3) is 0 Å². The molecule has 1 aromatic rings. The third-order valence-electron chi connectivity index (χ3n) is 2.86. The van der Waals surface area contributed by atoms with E-state index < -0.39 is 12.0 Å². The third-order valence-corrected chi connectivity index (χ3v) is 2.86. The van der Waals surface area contributed by atoms with Crippen LogP contribution in [0.2, 0.25) is 0 Å². The van der Waals surface area contributed by atoms with Crippen LogP contribution in [-0.4, -0.2) is 23.0 Å². The van der Waals surface area contributed by atoms with Crippen molar-refractivity contribution in [3.63, 3.8) is 0 Å². The number of benzene rings is 1. The van der Waals surface area contributed by atoms with Gasteiger partial charge in [0, 0.05) is 18.7 Å². The summed E-state index contributed by atoms with van der Waals surface area (Å²) in [5.41, 5.74) is 1.65. The average molecular weight is 264 g/mol. The largest absolute Gasteiger partial charge is 0.480 e. The molecule has 0 spiro atoms. The molecule has 5 heteroatoms. The molecule has 0 aromatic heterocycles. The first-order valence-corrected chi connectivity index (χ1v) is 6.30. The van der Waals surface area contributed by atoms with Crippen LogP contribution in [0.5, 0.6) is 0 Å². The standard InChI is InChI=1S/C14H20N2O3/c1-4-13(14(18)19)15-9(2)11-6-5-7-12(8-11)16-10(3)17/h5-9,13,15H,4H2,1-3H3,(H,16,17)(H,18,19). The van der Waals surface area contributed by atoms with E-state index >= 15 is 0 Å². The molecule has 2 unspecified atom stereocenters. The summed E-state index contributed by atoms with van der Waals surface area (Å²) in [5, 5.41) is 14.8. The van der Waals surface area contributed by atoms with E-state index in [4.69, 9.17) is 5.11 Å². The Labute approximate surface area is 113 Å². The minimum Gasteiger partial charge on any atom is -0.480 e. The minimum atomic E-state index is -0.854. The van der Waals surface area contributed by atoms with E-state index in [0.29, 0.717) is 12.1 Å². The summed E-state index contributed by atoms with van der Waals surface area (Å²) in [6, 6.07) is 6.70. The molecule has 0 bridgehead atoms. The summed E-state index contributed by atoms with van der Waals surface area (Å²) in [6.07, 6.45) is 0.519. The zero-order valence-corrected chi connectivity index (χ0v) is 11.4. The second-order valence-corrected chi connectivity index (χ2v) is 4.49. The van der Waals surface area contributed by atoms with Gasteiger partial charge in [-0.2, -0.15) is 0 Å². The number of amides is 1. The maximum Gasteiger partial charge on any atom is 0.320 e. The van der Waals surface area contributed by atoms with Gasteiger partial charge in [0.05, 0.1) is 0 Å². The van der Waals surface area contributed by atoms with Gasteiger partial charge in [0.2, 0.25) is 5.91 Å². The first-order chi connectivity index (χ1) is 8.93. The molecule has 1 amide bonds. The zero-order chi connectivity index (χ0) is 14.4. The van der Waals surface area contributed by atoms with E-state index in [1.54, 1.807) is 6.07 Å². The highest BCUT2D eigenvalue weighted by Crippen LogP contribution is 2.18. The lowest BCUT2D eigenvalue weighted by Gasteiger charge is -2.20. The maximum atomic E-state index is 11.0. The Balaban J connectivity index is 2.78. The lowest BCUT2D eigenvalue weighted by Crippen LogP contribution is -2.37. The van der Waals surface area contributed by atoms with Crippen LogP contribution in [0.25, 0.3) is 0 Å². The van der Waals surface area contributed by atoms with Gasteiger partial charge in [-0.05, 0) is 31.0 Å². The number of carboxylic acids is 1. The van der Waals surface area contributed by atoms with Crippen LogP contribution in [0.4, 0.5) is 5.69 Å². The lowest BCUT2D eigenvalue weighted by atomic mass is 10.1. The van der Waals surface area contributed by atoms with Crippen molar-refractivity contribution in [1.82, 2.24) is 5.32 Å². The smallest absolute Gasteiger partial charge is 0.320 e. The van der Waals surface area contributed by atoms with Crippen LogP contribution in [0, 0.1) is 0 Å². The summed E-state index contributed by atoms with van der Waals surface area (Å²) in [7, 11) is 0. The van der Waals surface area contributed by atoms with E-state index in [0.717, 1.165) is 5.56 Å². The number of aliphatic carboxylic acids is 1. The maximum absolute atomic E-state index is 11.0. The Hall–Kier alpha value is -1.88. The van der Waals surface area contributed by atoms with E-state index in [9.17, 15) is 9.59 Å². The summed E-state index contributed by atoms with van der Waals surface area (Å²) < 4.78 is 0.